The topological polar surface area (TPSA) is 55.8 Å². The highest BCUT2D eigenvalue weighted by molar-refractivity contribution is 8.13. The fraction of sp³-hybridized carbons (Fsp3) is 0.500. The molecule has 1 saturated heterocycles. The molecule has 1 N–H and O–H groups in total. The summed E-state index contributed by atoms with van der Waals surface area (Å²) in [6.07, 6.45) is 1.78. The third-order valence-corrected chi connectivity index (χ3v) is 5.48. The minimum atomic E-state index is -0.600. The van der Waals surface area contributed by atoms with Crippen molar-refractivity contribution < 1.29 is 23.6 Å². The Labute approximate surface area is 152 Å². The third-order valence-electron chi connectivity index (χ3n) is 4.60. The average molecular weight is 366 g/mol. The van der Waals surface area contributed by atoms with Gasteiger partial charge in [0.15, 0.2) is 5.12 Å². The molecule has 0 unspecified atom stereocenters. The summed E-state index contributed by atoms with van der Waals surface area (Å²) < 4.78 is 26.0. The lowest BCUT2D eigenvalue weighted by atomic mass is 9.78. The van der Waals surface area contributed by atoms with Crippen LogP contribution in [-0.4, -0.2) is 34.3 Å². The molecule has 1 aromatic carbocycles. The zero-order valence-electron chi connectivity index (χ0n) is 15.3. The van der Waals surface area contributed by atoms with E-state index in [4.69, 9.17) is 14.4 Å². The van der Waals surface area contributed by atoms with Crippen molar-refractivity contribution in [2.75, 3.05) is 5.75 Å². The van der Waals surface area contributed by atoms with Gasteiger partial charge in [0.25, 0.3) is 0 Å². The van der Waals surface area contributed by atoms with Gasteiger partial charge >= 0.3 is 7.12 Å². The molecule has 0 amide bonds. The second-order valence-electron chi connectivity index (χ2n) is 7.10. The van der Waals surface area contributed by atoms with Crippen molar-refractivity contribution in [1.82, 2.24) is 0 Å². The Kier molecular flexibility index (Phi) is 6.15. The van der Waals surface area contributed by atoms with Gasteiger partial charge in [0, 0.05) is 18.2 Å². The standard InChI is InChI=1S/C18H24BFO4S/c1-12(22)25-11-15(19-23-17(2,3)18(4,5)24-19)8-13-6-7-14(10-21)16(20)9-13/h6-9,21H,10-11H2,1-5H3. The van der Waals surface area contributed by atoms with E-state index in [1.54, 1.807) is 18.2 Å². The Balaban J connectivity index is 2.33. The van der Waals surface area contributed by atoms with Gasteiger partial charge in [-0.15, -0.1) is 0 Å². The monoisotopic (exact) mass is 366 g/mol. The molecule has 0 aromatic heterocycles. The Morgan fingerprint density at radius 2 is 1.88 bits per heavy atom. The minimum Gasteiger partial charge on any atom is -0.400 e. The van der Waals surface area contributed by atoms with Crippen LogP contribution in [0.5, 0.6) is 0 Å². The number of hydrogen-bond donors (Lipinski definition) is 1. The number of carbonyl (C=O) groups excluding carboxylic acids is 1. The predicted molar refractivity (Wildman–Crippen MR) is 99.5 cm³/mol. The van der Waals surface area contributed by atoms with Crippen LogP contribution in [0.2, 0.25) is 0 Å². The number of thioether (sulfide) groups is 1. The molecule has 0 spiro atoms. The Morgan fingerprint density at radius 1 is 1.28 bits per heavy atom. The molecule has 7 heteroatoms. The first kappa shape index (κ1) is 20.2. The van der Waals surface area contributed by atoms with E-state index in [1.165, 1.54) is 13.0 Å². The van der Waals surface area contributed by atoms with Gasteiger partial charge in [0.1, 0.15) is 5.82 Å². The summed E-state index contributed by atoms with van der Waals surface area (Å²) in [5, 5.41) is 9.08. The molecule has 1 heterocycles. The lowest BCUT2D eigenvalue weighted by Gasteiger charge is -2.32. The van der Waals surface area contributed by atoms with Gasteiger partial charge in [-0.2, -0.15) is 0 Å². The number of halogens is 1. The maximum absolute atomic E-state index is 13.9. The Morgan fingerprint density at radius 3 is 2.36 bits per heavy atom. The van der Waals surface area contributed by atoms with Crippen molar-refractivity contribution in [2.24, 2.45) is 0 Å². The van der Waals surface area contributed by atoms with E-state index >= 15 is 0 Å². The van der Waals surface area contributed by atoms with Gasteiger partial charge in [0.05, 0.1) is 17.8 Å². The maximum Gasteiger partial charge on any atom is 0.491 e. The number of rotatable bonds is 5. The molecule has 136 valence electrons. The van der Waals surface area contributed by atoms with Crippen LogP contribution in [0.3, 0.4) is 0 Å². The summed E-state index contributed by atoms with van der Waals surface area (Å²) in [4.78, 5) is 11.4. The fourth-order valence-corrected chi connectivity index (χ4v) is 2.94. The highest BCUT2D eigenvalue weighted by atomic mass is 32.2. The summed E-state index contributed by atoms with van der Waals surface area (Å²) in [7, 11) is -0.600. The van der Waals surface area contributed by atoms with Crippen LogP contribution < -0.4 is 0 Å². The molecule has 0 radical (unpaired) electrons. The van der Waals surface area contributed by atoms with Gasteiger partial charge in [0.2, 0.25) is 0 Å². The van der Waals surface area contributed by atoms with Gasteiger partial charge in [-0.3, -0.25) is 4.79 Å². The molecule has 0 aliphatic carbocycles. The molecule has 1 aromatic rings. The molecule has 0 bridgehead atoms. The minimum absolute atomic E-state index is 0.00998. The summed E-state index contributed by atoms with van der Waals surface area (Å²) in [6.45, 7) is 8.98. The van der Waals surface area contributed by atoms with Crippen molar-refractivity contribution in [3.63, 3.8) is 0 Å². The van der Waals surface area contributed by atoms with E-state index in [0.29, 0.717) is 11.3 Å². The first-order chi connectivity index (χ1) is 11.6. The second kappa shape index (κ2) is 7.62. The summed E-state index contributed by atoms with van der Waals surface area (Å²) in [5.41, 5.74) is 0.638. The van der Waals surface area contributed by atoms with Crippen molar-refractivity contribution in [3.8, 4) is 0 Å². The van der Waals surface area contributed by atoms with Crippen LogP contribution in [0.15, 0.2) is 23.7 Å². The number of carbonyl (C=O) groups is 1. The average Bonchev–Trinajstić information content (AvgIpc) is 2.71. The van der Waals surface area contributed by atoms with E-state index in [2.05, 4.69) is 0 Å². The zero-order chi connectivity index (χ0) is 18.8. The van der Waals surface area contributed by atoms with E-state index in [9.17, 15) is 9.18 Å². The van der Waals surface area contributed by atoms with Gasteiger partial charge < -0.3 is 14.4 Å². The Bertz CT molecular complexity index is 672. The SMILES string of the molecule is CC(=O)SCC(=Cc1ccc(CO)c(F)c1)B1OC(C)(C)C(C)(C)O1. The van der Waals surface area contributed by atoms with Crippen molar-refractivity contribution in [2.45, 2.75) is 52.4 Å². The fourth-order valence-electron chi connectivity index (χ4n) is 2.35. The smallest absolute Gasteiger partial charge is 0.400 e. The highest BCUT2D eigenvalue weighted by Crippen LogP contribution is 2.39. The summed E-state index contributed by atoms with van der Waals surface area (Å²) >= 11 is 1.16. The molecule has 1 aliphatic rings. The predicted octanol–water partition coefficient (Wildman–Crippen LogP) is 3.61. The van der Waals surface area contributed by atoms with Gasteiger partial charge in [-0.05, 0) is 44.8 Å². The molecule has 2 rings (SSSR count). The van der Waals surface area contributed by atoms with E-state index in [-0.39, 0.29) is 17.3 Å². The summed E-state index contributed by atoms with van der Waals surface area (Å²) in [6, 6.07) is 4.62. The maximum atomic E-state index is 13.9. The van der Waals surface area contributed by atoms with Crippen LogP contribution in [0.4, 0.5) is 4.39 Å². The van der Waals surface area contributed by atoms with Crippen LogP contribution >= 0.6 is 11.8 Å². The molecule has 0 atom stereocenters. The second-order valence-corrected chi connectivity index (χ2v) is 8.25. The molecule has 1 aliphatic heterocycles. The van der Waals surface area contributed by atoms with Crippen LogP contribution in [-0.2, 0) is 20.7 Å². The molecular formula is C18H24BFO4S. The Hall–Kier alpha value is -1.15. The first-order valence-electron chi connectivity index (χ1n) is 8.14. The van der Waals surface area contributed by atoms with Gasteiger partial charge in [-0.1, -0.05) is 30.0 Å². The molecule has 1 fully saturated rings. The van der Waals surface area contributed by atoms with Crippen LogP contribution in [0.1, 0.15) is 45.7 Å². The number of benzene rings is 1. The van der Waals surface area contributed by atoms with E-state index in [0.717, 1.165) is 17.2 Å². The lowest BCUT2D eigenvalue weighted by Crippen LogP contribution is -2.41. The lowest BCUT2D eigenvalue weighted by molar-refractivity contribution is -0.109. The molecule has 25 heavy (non-hydrogen) atoms. The largest absolute Gasteiger partial charge is 0.491 e. The van der Waals surface area contributed by atoms with Crippen LogP contribution in [0.25, 0.3) is 6.08 Å². The number of hydrogen-bond acceptors (Lipinski definition) is 5. The van der Waals surface area contributed by atoms with Crippen LogP contribution in [0, 0.1) is 5.82 Å². The first-order valence-corrected chi connectivity index (χ1v) is 9.13. The normalized spacial score (nSPS) is 19.3. The quantitative estimate of drug-likeness (QED) is 0.807. The van der Waals surface area contributed by atoms with Crippen molar-refractivity contribution >= 4 is 30.1 Å². The number of aliphatic hydroxyl groups is 1. The zero-order valence-corrected chi connectivity index (χ0v) is 16.1. The number of aliphatic hydroxyl groups excluding tert-OH is 1. The van der Waals surface area contributed by atoms with Crippen molar-refractivity contribution in [3.05, 3.63) is 40.6 Å². The highest BCUT2D eigenvalue weighted by Gasteiger charge is 2.52. The van der Waals surface area contributed by atoms with Crippen molar-refractivity contribution in [1.29, 1.82) is 0 Å². The summed E-state index contributed by atoms with van der Waals surface area (Å²) in [5.74, 6) is -0.0704. The third kappa shape index (κ3) is 4.73. The van der Waals surface area contributed by atoms with Gasteiger partial charge in [-0.25, -0.2) is 4.39 Å². The molecular weight excluding hydrogens is 342 g/mol. The molecule has 4 nitrogen and oxygen atoms in total. The van der Waals surface area contributed by atoms with E-state index < -0.39 is 24.1 Å². The molecule has 0 saturated carbocycles. The van der Waals surface area contributed by atoms with E-state index in [1.807, 2.05) is 27.7 Å².